The van der Waals surface area contributed by atoms with Gasteiger partial charge in [-0.25, -0.2) is 4.98 Å². The first kappa shape index (κ1) is 13.4. The highest BCUT2D eigenvalue weighted by molar-refractivity contribution is 5.88. The lowest BCUT2D eigenvalue weighted by Gasteiger charge is -2.28. The molecule has 2 aromatic rings. The highest BCUT2D eigenvalue weighted by Crippen LogP contribution is 2.26. The number of aromatic amines is 1. The molecule has 1 aromatic carbocycles. The van der Waals surface area contributed by atoms with E-state index in [1.54, 1.807) is 26.0 Å². The molecular weight excluding hydrogens is 244 g/mol. The molecule has 19 heavy (non-hydrogen) atoms. The average Bonchev–Trinajstić information content (AvgIpc) is 2.27. The standard InChI is InChI=1S/C13H18N4O2/c1-13(2,19)6-17(3)11-5-10-8(4-9(11)14)12(18)16-7-15-10/h4-5,7,19H,6,14H2,1-3H3,(H,15,16,18). The summed E-state index contributed by atoms with van der Waals surface area (Å²) in [6.45, 7) is 3.87. The van der Waals surface area contributed by atoms with Gasteiger partial charge in [-0.3, -0.25) is 4.79 Å². The topological polar surface area (TPSA) is 95.2 Å². The quantitative estimate of drug-likeness (QED) is 0.708. The number of rotatable bonds is 3. The van der Waals surface area contributed by atoms with Crippen molar-refractivity contribution in [2.45, 2.75) is 19.4 Å². The van der Waals surface area contributed by atoms with Crippen LogP contribution in [0.1, 0.15) is 13.8 Å². The third-order valence-corrected chi connectivity index (χ3v) is 2.82. The number of nitrogens with one attached hydrogen (secondary N) is 1. The van der Waals surface area contributed by atoms with Crippen LogP contribution in [0.5, 0.6) is 0 Å². The molecule has 4 N–H and O–H groups in total. The maximum Gasteiger partial charge on any atom is 0.258 e. The predicted molar refractivity (Wildman–Crippen MR) is 76.3 cm³/mol. The fourth-order valence-electron chi connectivity index (χ4n) is 2.12. The smallest absolute Gasteiger partial charge is 0.258 e. The van der Waals surface area contributed by atoms with Crippen LogP contribution in [0, 0.1) is 0 Å². The minimum Gasteiger partial charge on any atom is -0.397 e. The number of aliphatic hydroxyl groups is 1. The van der Waals surface area contributed by atoms with Crippen LogP contribution in [0.15, 0.2) is 23.3 Å². The summed E-state index contributed by atoms with van der Waals surface area (Å²) >= 11 is 0. The summed E-state index contributed by atoms with van der Waals surface area (Å²) in [5.74, 6) is 0. The van der Waals surface area contributed by atoms with Crippen LogP contribution in [-0.4, -0.2) is 34.3 Å². The third kappa shape index (κ3) is 2.85. The van der Waals surface area contributed by atoms with E-state index in [9.17, 15) is 9.90 Å². The van der Waals surface area contributed by atoms with Gasteiger partial charge in [0.05, 0.1) is 34.2 Å². The van der Waals surface area contributed by atoms with Crippen molar-refractivity contribution in [3.05, 3.63) is 28.8 Å². The lowest BCUT2D eigenvalue weighted by atomic mass is 10.1. The van der Waals surface area contributed by atoms with Crippen LogP contribution in [-0.2, 0) is 0 Å². The number of nitrogen functional groups attached to an aromatic ring is 1. The Morgan fingerprint density at radius 1 is 1.47 bits per heavy atom. The zero-order valence-electron chi connectivity index (χ0n) is 11.3. The van der Waals surface area contributed by atoms with Crippen molar-refractivity contribution >= 4 is 22.3 Å². The zero-order valence-corrected chi connectivity index (χ0v) is 11.3. The van der Waals surface area contributed by atoms with Crippen LogP contribution >= 0.6 is 0 Å². The minimum absolute atomic E-state index is 0.214. The van der Waals surface area contributed by atoms with Gasteiger partial charge in [-0.2, -0.15) is 0 Å². The van der Waals surface area contributed by atoms with Crippen molar-refractivity contribution in [3.63, 3.8) is 0 Å². The Labute approximate surface area is 110 Å². The van der Waals surface area contributed by atoms with Crippen molar-refractivity contribution in [2.75, 3.05) is 24.2 Å². The molecule has 0 unspecified atom stereocenters. The number of anilines is 2. The molecule has 6 heteroatoms. The Bertz CT molecular complexity index is 658. The SMILES string of the molecule is CN(CC(C)(C)O)c1cc2nc[nH]c(=O)c2cc1N. The summed E-state index contributed by atoms with van der Waals surface area (Å²) in [6, 6.07) is 3.36. The number of fused-ring (bicyclic) bond motifs is 1. The molecule has 2 rings (SSSR count). The summed E-state index contributed by atoms with van der Waals surface area (Å²) in [4.78, 5) is 20.1. The van der Waals surface area contributed by atoms with Crippen LogP contribution in [0.2, 0.25) is 0 Å². The van der Waals surface area contributed by atoms with E-state index in [2.05, 4.69) is 9.97 Å². The summed E-state index contributed by atoms with van der Waals surface area (Å²) in [5, 5.41) is 10.3. The van der Waals surface area contributed by atoms with Gasteiger partial charge in [-0.1, -0.05) is 0 Å². The molecule has 102 valence electrons. The second-order valence-corrected chi connectivity index (χ2v) is 5.33. The molecule has 0 amide bonds. The maximum atomic E-state index is 11.6. The number of nitrogens with zero attached hydrogens (tertiary/aromatic N) is 2. The maximum absolute atomic E-state index is 11.6. The monoisotopic (exact) mass is 262 g/mol. The summed E-state index contributed by atoms with van der Waals surface area (Å²) in [6.07, 6.45) is 1.36. The van der Waals surface area contributed by atoms with Gasteiger partial charge in [0.25, 0.3) is 5.56 Å². The fraction of sp³-hybridized carbons (Fsp3) is 0.385. The molecule has 0 fully saturated rings. The number of hydrogen-bond acceptors (Lipinski definition) is 5. The second-order valence-electron chi connectivity index (χ2n) is 5.33. The number of H-pyrrole nitrogens is 1. The molecule has 0 atom stereocenters. The van der Waals surface area contributed by atoms with Gasteiger partial charge in [-0.15, -0.1) is 0 Å². The van der Waals surface area contributed by atoms with Crippen molar-refractivity contribution in [2.24, 2.45) is 0 Å². The largest absolute Gasteiger partial charge is 0.397 e. The normalized spacial score (nSPS) is 11.8. The Morgan fingerprint density at radius 2 is 2.16 bits per heavy atom. The molecule has 1 heterocycles. The van der Waals surface area contributed by atoms with Crippen molar-refractivity contribution < 1.29 is 5.11 Å². The first-order valence-electron chi connectivity index (χ1n) is 5.98. The van der Waals surface area contributed by atoms with Crippen LogP contribution < -0.4 is 16.2 Å². The predicted octanol–water partition coefficient (Wildman–Crippen LogP) is 0.712. The molecule has 0 aliphatic heterocycles. The Morgan fingerprint density at radius 3 is 2.79 bits per heavy atom. The summed E-state index contributed by atoms with van der Waals surface area (Å²) in [5.41, 5.74) is 6.73. The lowest BCUT2D eigenvalue weighted by molar-refractivity contribution is 0.0886. The molecule has 0 radical (unpaired) electrons. The van der Waals surface area contributed by atoms with E-state index < -0.39 is 5.60 Å². The Hall–Kier alpha value is -2.08. The van der Waals surface area contributed by atoms with E-state index in [0.717, 1.165) is 5.69 Å². The molecule has 6 nitrogen and oxygen atoms in total. The average molecular weight is 262 g/mol. The fourth-order valence-corrected chi connectivity index (χ4v) is 2.12. The molecule has 0 aliphatic rings. The highest BCUT2D eigenvalue weighted by atomic mass is 16.3. The van der Waals surface area contributed by atoms with Crippen molar-refractivity contribution in [3.8, 4) is 0 Å². The third-order valence-electron chi connectivity index (χ3n) is 2.82. The first-order chi connectivity index (χ1) is 8.78. The Kier molecular flexibility index (Phi) is 3.20. The van der Waals surface area contributed by atoms with E-state index in [1.165, 1.54) is 6.33 Å². The van der Waals surface area contributed by atoms with Crippen LogP contribution in [0.25, 0.3) is 10.9 Å². The molecule has 0 saturated heterocycles. The van der Waals surface area contributed by atoms with E-state index >= 15 is 0 Å². The molecule has 0 spiro atoms. The molecule has 0 saturated carbocycles. The van der Waals surface area contributed by atoms with E-state index in [0.29, 0.717) is 23.1 Å². The molecule has 1 aromatic heterocycles. The van der Waals surface area contributed by atoms with Gasteiger partial charge in [0.15, 0.2) is 0 Å². The van der Waals surface area contributed by atoms with Crippen LogP contribution in [0.3, 0.4) is 0 Å². The van der Waals surface area contributed by atoms with Crippen molar-refractivity contribution in [1.82, 2.24) is 9.97 Å². The number of likely N-dealkylation sites (N-methyl/N-ethyl adjacent to an activating group) is 1. The van der Waals surface area contributed by atoms with E-state index in [4.69, 9.17) is 5.73 Å². The Balaban J connectivity index is 2.50. The van der Waals surface area contributed by atoms with Gasteiger partial charge in [0.1, 0.15) is 0 Å². The van der Waals surface area contributed by atoms with Crippen LogP contribution in [0.4, 0.5) is 11.4 Å². The lowest BCUT2D eigenvalue weighted by Crippen LogP contribution is -2.36. The number of nitrogens with two attached hydrogens (primary N) is 1. The van der Waals surface area contributed by atoms with Crippen molar-refractivity contribution in [1.29, 1.82) is 0 Å². The van der Waals surface area contributed by atoms with E-state index in [-0.39, 0.29) is 5.56 Å². The van der Waals surface area contributed by atoms with E-state index in [1.807, 2.05) is 11.9 Å². The van der Waals surface area contributed by atoms with Gasteiger partial charge in [0.2, 0.25) is 0 Å². The number of hydrogen-bond donors (Lipinski definition) is 3. The summed E-state index contributed by atoms with van der Waals surface area (Å²) in [7, 11) is 1.84. The molecule has 0 aliphatic carbocycles. The second kappa shape index (κ2) is 4.55. The number of aromatic nitrogens is 2. The molecular formula is C13H18N4O2. The van der Waals surface area contributed by atoms with Gasteiger partial charge >= 0.3 is 0 Å². The van der Waals surface area contributed by atoms with Gasteiger partial charge in [-0.05, 0) is 26.0 Å². The zero-order chi connectivity index (χ0) is 14.2. The number of benzene rings is 1. The minimum atomic E-state index is -0.836. The van der Waals surface area contributed by atoms with Gasteiger partial charge in [0, 0.05) is 13.6 Å². The van der Waals surface area contributed by atoms with Gasteiger partial charge < -0.3 is 20.7 Å². The molecule has 0 bridgehead atoms. The highest BCUT2D eigenvalue weighted by Gasteiger charge is 2.18. The summed E-state index contributed by atoms with van der Waals surface area (Å²) < 4.78 is 0. The first-order valence-corrected chi connectivity index (χ1v) is 5.98.